The molecule has 1 aromatic rings. The van der Waals surface area contributed by atoms with Crippen LogP contribution in [0.25, 0.3) is 0 Å². The number of hydrogen-bond donors (Lipinski definition) is 1. The van der Waals surface area contributed by atoms with Crippen LogP contribution in [0.1, 0.15) is 18.5 Å². The molecule has 0 aromatic heterocycles. The Morgan fingerprint density at radius 2 is 2.00 bits per heavy atom. The van der Waals surface area contributed by atoms with E-state index in [1.165, 1.54) is 0 Å². The summed E-state index contributed by atoms with van der Waals surface area (Å²) < 4.78 is 26.0. The van der Waals surface area contributed by atoms with Crippen LogP contribution in [0, 0.1) is 11.3 Å². The van der Waals surface area contributed by atoms with E-state index in [1.54, 1.807) is 13.0 Å². The van der Waals surface area contributed by atoms with E-state index >= 15 is 0 Å². The van der Waals surface area contributed by atoms with Gasteiger partial charge in [0, 0.05) is 10.5 Å². The molecule has 0 radical (unpaired) electrons. The van der Waals surface area contributed by atoms with Gasteiger partial charge in [-0.1, -0.05) is 28.1 Å². The van der Waals surface area contributed by atoms with Gasteiger partial charge in [-0.05, 0) is 24.6 Å². The lowest BCUT2D eigenvalue weighted by atomic mass is 10.1. The van der Waals surface area contributed by atoms with E-state index in [0.29, 0.717) is 0 Å². The lowest BCUT2D eigenvalue weighted by molar-refractivity contribution is 0.570. The zero-order chi connectivity index (χ0) is 12.2. The topological polar surface area (TPSA) is 70.0 Å². The molecule has 0 saturated carbocycles. The van der Waals surface area contributed by atoms with Gasteiger partial charge in [-0.3, -0.25) is 0 Å². The van der Waals surface area contributed by atoms with Crippen LogP contribution in [0.15, 0.2) is 28.7 Å². The summed E-state index contributed by atoms with van der Waals surface area (Å²) in [5, 5.41) is 8.35. The number of sulfonamides is 1. The van der Waals surface area contributed by atoms with E-state index in [2.05, 4.69) is 20.7 Å². The maximum absolute atomic E-state index is 11.3. The van der Waals surface area contributed by atoms with Crippen LogP contribution in [0.3, 0.4) is 0 Å². The molecule has 0 heterocycles. The molecule has 0 amide bonds. The molecule has 0 aliphatic rings. The second kappa shape index (κ2) is 5.43. The highest BCUT2D eigenvalue weighted by atomic mass is 79.9. The van der Waals surface area contributed by atoms with Crippen molar-refractivity contribution in [3.05, 3.63) is 34.3 Å². The molecule has 16 heavy (non-hydrogen) atoms. The minimum Gasteiger partial charge on any atom is -0.211 e. The summed E-state index contributed by atoms with van der Waals surface area (Å²) in [6, 6.07) is 8.60. The molecule has 0 aliphatic carbocycles. The van der Waals surface area contributed by atoms with Crippen LogP contribution in [-0.2, 0) is 10.0 Å². The number of rotatable bonds is 4. The fraction of sp³-hybridized carbons (Fsp3) is 0.300. The Labute approximate surface area is 103 Å². The normalized spacial score (nSPS) is 13.1. The van der Waals surface area contributed by atoms with Gasteiger partial charge in [-0.15, -0.1) is 0 Å². The van der Waals surface area contributed by atoms with Gasteiger partial charge < -0.3 is 0 Å². The quantitative estimate of drug-likeness (QED) is 0.924. The van der Waals surface area contributed by atoms with Gasteiger partial charge >= 0.3 is 0 Å². The maximum Gasteiger partial charge on any atom is 0.225 e. The average Bonchev–Trinajstić information content (AvgIpc) is 2.17. The Bertz CT molecular complexity index is 491. The number of hydrogen-bond acceptors (Lipinski definition) is 3. The highest BCUT2D eigenvalue weighted by Crippen LogP contribution is 2.17. The lowest BCUT2D eigenvalue weighted by Crippen LogP contribution is -2.28. The van der Waals surface area contributed by atoms with Crippen molar-refractivity contribution in [2.24, 2.45) is 0 Å². The van der Waals surface area contributed by atoms with E-state index in [9.17, 15) is 8.42 Å². The van der Waals surface area contributed by atoms with Crippen molar-refractivity contribution in [3.8, 4) is 6.07 Å². The average molecular weight is 303 g/mol. The van der Waals surface area contributed by atoms with E-state index in [1.807, 2.05) is 24.3 Å². The fourth-order valence-electron chi connectivity index (χ4n) is 1.22. The lowest BCUT2D eigenvalue weighted by Gasteiger charge is -2.13. The predicted molar refractivity (Wildman–Crippen MR) is 65.1 cm³/mol. The summed E-state index contributed by atoms with van der Waals surface area (Å²) in [7, 11) is -3.51. The van der Waals surface area contributed by atoms with Crippen molar-refractivity contribution in [2.45, 2.75) is 13.0 Å². The van der Waals surface area contributed by atoms with Crippen LogP contribution < -0.4 is 4.72 Å². The Morgan fingerprint density at radius 1 is 1.44 bits per heavy atom. The Hall–Kier alpha value is -0.900. The molecule has 1 rings (SSSR count). The first-order valence-electron chi connectivity index (χ1n) is 4.57. The van der Waals surface area contributed by atoms with E-state index in [-0.39, 0.29) is 6.04 Å². The molecule has 1 aromatic carbocycles. The largest absolute Gasteiger partial charge is 0.225 e. The molecule has 86 valence electrons. The summed E-state index contributed by atoms with van der Waals surface area (Å²) in [4.78, 5) is 0. The SMILES string of the molecule is C[C@@H](NS(=O)(=O)CC#N)c1ccc(Br)cc1. The molecular weight excluding hydrogens is 292 g/mol. The van der Waals surface area contributed by atoms with Gasteiger partial charge in [0.25, 0.3) is 0 Å². The molecule has 0 fully saturated rings. The maximum atomic E-state index is 11.3. The van der Waals surface area contributed by atoms with Gasteiger partial charge in [0.05, 0.1) is 6.07 Å². The Morgan fingerprint density at radius 3 is 2.50 bits per heavy atom. The third-order valence-corrected chi connectivity index (χ3v) is 3.73. The number of benzene rings is 1. The summed E-state index contributed by atoms with van der Waals surface area (Å²) in [6.07, 6.45) is 0. The molecule has 1 atom stereocenters. The standard InChI is InChI=1S/C10H11BrN2O2S/c1-8(13-16(14,15)7-6-12)9-2-4-10(11)5-3-9/h2-5,8,13H,7H2,1H3/t8-/m1/s1. The first-order chi connectivity index (χ1) is 7.44. The molecule has 0 unspecified atom stereocenters. The molecule has 0 spiro atoms. The van der Waals surface area contributed by atoms with Gasteiger partial charge in [-0.25, -0.2) is 13.1 Å². The predicted octanol–water partition coefficient (Wildman–Crippen LogP) is 1.95. The molecule has 0 aliphatic heterocycles. The molecule has 4 nitrogen and oxygen atoms in total. The Kier molecular flexibility index (Phi) is 4.47. The number of nitrogens with zero attached hydrogens (tertiary/aromatic N) is 1. The van der Waals surface area contributed by atoms with E-state index < -0.39 is 15.8 Å². The van der Waals surface area contributed by atoms with E-state index in [0.717, 1.165) is 10.0 Å². The minimum atomic E-state index is -3.51. The highest BCUT2D eigenvalue weighted by Gasteiger charge is 2.14. The second-order valence-electron chi connectivity index (χ2n) is 3.31. The zero-order valence-corrected chi connectivity index (χ0v) is 11.0. The summed E-state index contributed by atoms with van der Waals surface area (Å²) in [5.74, 6) is -0.520. The molecule has 6 heteroatoms. The second-order valence-corrected chi connectivity index (χ2v) is 5.98. The van der Waals surface area contributed by atoms with Crippen molar-refractivity contribution >= 4 is 26.0 Å². The summed E-state index contributed by atoms with van der Waals surface area (Å²) in [6.45, 7) is 1.73. The third kappa shape index (κ3) is 3.93. The minimum absolute atomic E-state index is 0.341. The molecule has 1 N–H and O–H groups in total. The van der Waals surface area contributed by atoms with Crippen LogP contribution >= 0.6 is 15.9 Å². The smallest absolute Gasteiger partial charge is 0.211 e. The van der Waals surface area contributed by atoms with Crippen LogP contribution in [0.2, 0.25) is 0 Å². The van der Waals surface area contributed by atoms with Gasteiger partial charge in [0.1, 0.15) is 0 Å². The van der Waals surface area contributed by atoms with Gasteiger partial charge in [0.15, 0.2) is 5.75 Å². The highest BCUT2D eigenvalue weighted by molar-refractivity contribution is 9.10. The molecule has 0 bridgehead atoms. The van der Waals surface area contributed by atoms with Crippen LogP contribution in [0.5, 0.6) is 0 Å². The van der Waals surface area contributed by atoms with Crippen molar-refractivity contribution in [2.75, 3.05) is 5.75 Å². The van der Waals surface area contributed by atoms with Crippen LogP contribution in [0.4, 0.5) is 0 Å². The zero-order valence-electron chi connectivity index (χ0n) is 8.64. The third-order valence-electron chi connectivity index (χ3n) is 1.98. The number of nitriles is 1. The first-order valence-corrected chi connectivity index (χ1v) is 7.01. The monoisotopic (exact) mass is 302 g/mol. The Balaban J connectivity index is 2.77. The summed E-state index contributed by atoms with van der Waals surface area (Å²) >= 11 is 3.30. The van der Waals surface area contributed by atoms with Gasteiger partial charge in [0.2, 0.25) is 10.0 Å². The van der Waals surface area contributed by atoms with Crippen molar-refractivity contribution in [1.29, 1.82) is 5.26 Å². The molecular formula is C10H11BrN2O2S. The molecule has 0 saturated heterocycles. The number of nitrogens with one attached hydrogen (secondary N) is 1. The van der Waals surface area contributed by atoms with Gasteiger partial charge in [-0.2, -0.15) is 5.26 Å². The fourth-order valence-corrected chi connectivity index (χ4v) is 2.41. The van der Waals surface area contributed by atoms with E-state index in [4.69, 9.17) is 5.26 Å². The van der Waals surface area contributed by atoms with Crippen molar-refractivity contribution < 1.29 is 8.42 Å². The van der Waals surface area contributed by atoms with Crippen molar-refractivity contribution in [1.82, 2.24) is 4.72 Å². The van der Waals surface area contributed by atoms with Crippen LogP contribution in [-0.4, -0.2) is 14.2 Å². The van der Waals surface area contributed by atoms with Crippen molar-refractivity contribution in [3.63, 3.8) is 0 Å². The summed E-state index contributed by atoms with van der Waals surface area (Å²) in [5.41, 5.74) is 0.852. The number of halogens is 1. The first kappa shape index (κ1) is 13.2.